The molecule has 0 unspecified atom stereocenters. The van der Waals surface area contributed by atoms with Crippen molar-refractivity contribution in [2.45, 2.75) is 46.5 Å². The molecule has 1 aromatic heterocycles. The number of aromatic nitrogens is 2. The summed E-state index contributed by atoms with van der Waals surface area (Å²) in [5.74, 6) is 0.309. The first-order valence-electron chi connectivity index (χ1n) is 9.46. The van der Waals surface area contributed by atoms with E-state index >= 15 is 0 Å². The van der Waals surface area contributed by atoms with Gasteiger partial charge in [0.2, 0.25) is 0 Å². The highest BCUT2D eigenvalue weighted by Crippen LogP contribution is 2.11. The number of hydrogen-bond acceptors (Lipinski definition) is 3. The summed E-state index contributed by atoms with van der Waals surface area (Å²) >= 11 is 5.22. The highest BCUT2D eigenvalue weighted by Gasteiger charge is 2.08. The molecule has 0 aliphatic rings. The van der Waals surface area contributed by atoms with Gasteiger partial charge < -0.3 is 5.32 Å². The number of hydrogen-bond donors (Lipinski definition) is 3. The lowest BCUT2D eigenvalue weighted by molar-refractivity contribution is 0.0943. The molecule has 27 heavy (non-hydrogen) atoms. The number of thiocarbonyl (C=S) groups is 1. The van der Waals surface area contributed by atoms with Gasteiger partial charge in [-0.25, -0.2) is 4.68 Å². The van der Waals surface area contributed by atoms with Gasteiger partial charge in [0.15, 0.2) is 5.11 Å². The van der Waals surface area contributed by atoms with Gasteiger partial charge in [0.25, 0.3) is 5.91 Å². The predicted molar refractivity (Wildman–Crippen MR) is 113 cm³/mol. The summed E-state index contributed by atoms with van der Waals surface area (Å²) in [7, 11) is 0. The van der Waals surface area contributed by atoms with E-state index in [1.807, 2.05) is 29.8 Å². The zero-order valence-electron chi connectivity index (χ0n) is 16.3. The number of carbonyl (C=O) groups excluding carboxylic acids is 1. The summed E-state index contributed by atoms with van der Waals surface area (Å²) in [6.07, 6.45) is 6.66. The average Bonchev–Trinajstić information content (AvgIpc) is 3.10. The molecule has 0 saturated carbocycles. The first kappa shape index (κ1) is 20.9. The van der Waals surface area contributed by atoms with Crippen molar-refractivity contribution in [3.63, 3.8) is 0 Å². The number of aryl methyl sites for hydroxylation is 1. The van der Waals surface area contributed by atoms with E-state index in [0.717, 1.165) is 17.9 Å². The predicted octanol–water partition coefficient (Wildman–Crippen LogP) is 3.51. The molecule has 7 heteroatoms. The van der Waals surface area contributed by atoms with Gasteiger partial charge in [-0.15, -0.1) is 0 Å². The Morgan fingerprint density at radius 1 is 1.19 bits per heavy atom. The Kier molecular flexibility index (Phi) is 8.26. The van der Waals surface area contributed by atoms with Gasteiger partial charge in [0.1, 0.15) is 0 Å². The van der Waals surface area contributed by atoms with E-state index in [9.17, 15) is 4.79 Å². The molecule has 1 amide bonds. The van der Waals surface area contributed by atoms with Gasteiger partial charge in [-0.05, 0) is 61.8 Å². The monoisotopic (exact) mass is 387 g/mol. The van der Waals surface area contributed by atoms with Crippen molar-refractivity contribution in [2.75, 3.05) is 6.54 Å². The van der Waals surface area contributed by atoms with Crippen LogP contribution in [-0.2, 0) is 0 Å². The Bertz CT molecular complexity index is 741. The van der Waals surface area contributed by atoms with Crippen molar-refractivity contribution < 1.29 is 4.79 Å². The van der Waals surface area contributed by atoms with Crippen LogP contribution in [0.25, 0.3) is 5.69 Å². The minimum atomic E-state index is -0.237. The number of unbranched alkanes of at least 4 members (excludes halogenated alkanes) is 2. The molecule has 0 bridgehead atoms. The molecule has 2 rings (SSSR count). The summed E-state index contributed by atoms with van der Waals surface area (Å²) in [5.41, 5.74) is 7.88. The van der Waals surface area contributed by atoms with Gasteiger partial charge in [-0.2, -0.15) is 5.10 Å². The largest absolute Gasteiger partial charge is 0.361 e. The van der Waals surface area contributed by atoms with Gasteiger partial charge in [-0.1, -0.05) is 33.1 Å². The van der Waals surface area contributed by atoms with Crippen molar-refractivity contribution in [1.29, 1.82) is 0 Å². The molecule has 0 fully saturated rings. The van der Waals surface area contributed by atoms with Gasteiger partial charge in [-0.3, -0.25) is 15.6 Å². The maximum Gasteiger partial charge on any atom is 0.269 e. The number of hydrazine groups is 1. The van der Waals surface area contributed by atoms with Crippen LogP contribution < -0.4 is 16.2 Å². The second-order valence-corrected chi connectivity index (χ2v) is 7.23. The molecule has 1 atom stereocenters. The maximum absolute atomic E-state index is 12.2. The normalized spacial score (nSPS) is 11.7. The molecular weight excluding hydrogens is 358 g/mol. The third-order valence-electron chi connectivity index (χ3n) is 4.41. The summed E-state index contributed by atoms with van der Waals surface area (Å²) in [6.45, 7) is 7.18. The molecule has 0 aliphatic heterocycles. The zero-order chi connectivity index (χ0) is 19.6. The van der Waals surface area contributed by atoms with E-state index < -0.39 is 0 Å². The van der Waals surface area contributed by atoms with Crippen LogP contribution in [0.1, 0.15) is 55.6 Å². The number of rotatable bonds is 8. The summed E-state index contributed by atoms with van der Waals surface area (Å²) in [6, 6.07) is 9.19. The highest BCUT2D eigenvalue weighted by molar-refractivity contribution is 7.80. The molecule has 0 spiro atoms. The lowest BCUT2D eigenvalue weighted by Crippen LogP contribution is -2.47. The second-order valence-electron chi connectivity index (χ2n) is 6.82. The summed E-state index contributed by atoms with van der Waals surface area (Å²) < 4.78 is 1.82. The zero-order valence-corrected chi connectivity index (χ0v) is 17.1. The Hall–Kier alpha value is -2.41. The average molecular weight is 388 g/mol. The second kappa shape index (κ2) is 10.7. The van der Waals surface area contributed by atoms with E-state index in [1.165, 1.54) is 25.7 Å². The third-order valence-corrected chi connectivity index (χ3v) is 4.65. The standard InChI is InChI=1S/C20H29N5OS/c1-4-5-6-7-15(2)14-21-20(27)24-23-19(26)17-8-10-18(11-9-17)25-16(3)12-13-22-25/h8-13,15H,4-7,14H2,1-3H3,(H,23,26)(H2,21,24,27)/t15-/m1/s1. The molecule has 1 heterocycles. The van der Waals surface area contributed by atoms with Crippen LogP contribution in [0.2, 0.25) is 0 Å². The summed E-state index contributed by atoms with van der Waals surface area (Å²) in [5, 5.41) is 7.83. The van der Waals surface area contributed by atoms with E-state index in [4.69, 9.17) is 12.2 Å². The van der Waals surface area contributed by atoms with Crippen LogP contribution in [-0.4, -0.2) is 27.3 Å². The quantitative estimate of drug-likeness (QED) is 0.367. The van der Waals surface area contributed by atoms with Gasteiger partial charge >= 0.3 is 0 Å². The molecule has 0 saturated heterocycles. The van der Waals surface area contributed by atoms with Crippen molar-refractivity contribution in [3.8, 4) is 5.69 Å². The summed E-state index contributed by atoms with van der Waals surface area (Å²) in [4.78, 5) is 12.2. The SMILES string of the molecule is CCCCC[C@@H](C)CNC(=S)NNC(=O)c1ccc(-n2nccc2C)cc1. The number of benzene rings is 1. The minimum absolute atomic E-state index is 0.237. The van der Waals surface area contributed by atoms with E-state index in [1.54, 1.807) is 18.3 Å². The van der Waals surface area contributed by atoms with Crippen LogP contribution in [0.5, 0.6) is 0 Å². The van der Waals surface area contributed by atoms with E-state index in [0.29, 0.717) is 16.6 Å². The van der Waals surface area contributed by atoms with Gasteiger partial charge in [0, 0.05) is 24.0 Å². The Labute approximate surface area is 166 Å². The van der Waals surface area contributed by atoms with Crippen LogP contribution in [0, 0.1) is 12.8 Å². The molecule has 146 valence electrons. The minimum Gasteiger partial charge on any atom is -0.361 e. The van der Waals surface area contributed by atoms with Crippen molar-refractivity contribution >= 4 is 23.2 Å². The number of nitrogens with one attached hydrogen (secondary N) is 3. The molecule has 0 radical (unpaired) electrons. The lowest BCUT2D eigenvalue weighted by Gasteiger charge is -2.15. The Morgan fingerprint density at radius 2 is 1.93 bits per heavy atom. The Morgan fingerprint density at radius 3 is 2.56 bits per heavy atom. The van der Waals surface area contributed by atoms with Crippen molar-refractivity contribution in [1.82, 2.24) is 25.9 Å². The first-order chi connectivity index (χ1) is 13.0. The van der Waals surface area contributed by atoms with Crippen LogP contribution >= 0.6 is 12.2 Å². The van der Waals surface area contributed by atoms with E-state index in [-0.39, 0.29) is 5.91 Å². The third kappa shape index (κ3) is 6.67. The number of carbonyl (C=O) groups is 1. The van der Waals surface area contributed by atoms with Crippen LogP contribution in [0.15, 0.2) is 36.5 Å². The molecule has 1 aromatic carbocycles. The van der Waals surface area contributed by atoms with Crippen molar-refractivity contribution in [2.24, 2.45) is 5.92 Å². The molecule has 2 aromatic rings. The van der Waals surface area contributed by atoms with Gasteiger partial charge in [0.05, 0.1) is 5.69 Å². The fourth-order valence-corrected chi connectivity index (χ4v) is 2.87. The maximum atomic E-state index is 12.2. The van der Waals surface area contributed by atoms with E-state index in [2.05, 4.69) is 35.1 Å². The number of nitrogens with zero attached hydrogens (tertiary/aromatic N) is 2. The molecule has 6 nitrogen and oxygen atoms in total. The van der Waals surface area contributed by atoms with Crippen LogP contribution in [0.4, 0.5) is 0 Å². The number of amides is 1. The first-order valence-corrected chi connectivity index (χ1v) is 9.87. The van der Waals surface area contributed by atoms with Crippen LogP contribution in [0.3, 0.4) is 0 Å². The highest BCUT2D eigenvalue weighted by atomic mass is 32.1. The smallest absolute Gasteiger partial charge is 0.269 e. The fraction of sp³-hybridized carbons (Fsp3) is 0.450. The molecule has 3 N–H and O–H groups in total. The van der Waals surface area contributed by atoms with Crippen molar-refractivity contribution in [3.05, 3.63) is 47.8 Å². The molecule has 0 aliphatic carbocycles. The lowest BCUT2D eigenvalue weighted by atomic mass is 10.0. The Balaban J connectivity index is 1.75. The fourth-order valence-electron chi connectivity index (χ4n) is 2.74. The molecular formula is C20H29N5OS. The topological polar surface area (TPSA) is 71.0 Å².